The summed E-state index contributed by atoms with van der Waals surface area (Å²) in [4.78, 5) is 18.6. The molecule has 1 amide bonds. The SMILES string of the molecule is CC(=O)Nc1ncc(CN2CCC(Cc3ccc(F)c(F)c3)C2)s1. The van der Waals surface area contributed by atoms with Crippen molar-refractivity contribution in [2.75, 3.05) is 18.4 Å². The number of hydrogen-bond donors (Lipinski definition) is 1. The zero-order chi connectivity index (χ0) is 17.1. The van der Waals surface area contributed by atoms with Crippen LogP contribution in [0.1, 0.15) is 23.8 Å². The number of amides is 1. The Morgan fingerprint density at radius 2 is 2.25 bits per heavy atom. The molecule has 1 aliphatic rings. The van der Waals surface area contributed by atoms with Crippen molar-refractivity contribution in [3.63, 3.8) is 0 Å². The maximum absolute atomic E-state index is 13.3. The summed E-state index contributed by atoms with van der Waals surface area (Å²) in [6, 6.07) is 4.14. The van der Waals surface area contributed by atoms with Gasteiger partial charge in [-0.1, -0.05) is 6.07 Å². The molecule has 2 aromatic rings. The number of benzene rings is 1. The van der Waals surface area contributed by atoms with Gasteiger partial charge in [-0.3, -0.25) is 9.69 Å². The molecule has 24 heavy (non-hydrogen) atoms. The molecule has 1 atom stereocenters. The van der Waals surface area contributed by atoms with E-state index in [0.717, 1.165) is 42.9 Å². The molecule has 1 N–H and O–H groups in total. The van der Waals surface area contributed by atoms with E-state index >= 15 is 0 Å². The fourth-order valence-corrected chi connectivity index (χ4v) is 3.93. The number of carbonyl (C=O) groups excluding carboxylic acids is 1. The molecule has 0 spiro atoms. The van der Waals surface area contributed by atoms with E-state index in [1.807, 2.05) is 0 Å². The molecule has 0 radical (unpaired) electrons. The van der Waals surface area contributed by atoms with E-state index in [0.29, 0.717) is 11.0 Å². The van der Waals surface area contributed by atoms with Crippen LogP contribution >= 0.6 is 11.3 Å². The van der Waals surface area contributed by atoms with Gasteiger partial charge in [-0.05, 0) is 43.0 Å². The average Bonchev–Trinajstić information content (AvgIpc) is 3.13. The molecule has 1 fully saturated rings. The van der Waals surface area contributed by atoms with Crippen LogP contribution in [-0.4, -0.2) is 28.9 Å². The highest BCUT2D eigenvalue weighted by molar-refractivity contribution is 7.15. The van der Waals surface area contributed by atoms with Gasteiger partial charge in [-0.25, -0.2) is 13.8 Å². The van der Waals surface area contributed by atoms with E-state index in [4.69, 9.17) is 0 Å². The normalized spacial score (nSPS) is 18.0. The number of halogens is 2. The Labute approximate surface area is 143 Å². The molecule has 4 nitrogen and oxygen atoms in total. The summed E-state index contributed by atoms with van der Waals surface area (Å²) in [7, 11) is 0. The monoisotopic (exact) mass is 351 g/mol. The van der Waals surface area contributed by atoms with Gasteiger partial charge in [0, 0.05) is 31.1 Å². The Morgan fingerprint density at radius 1 is 1.42 bits per heavy atom. The van der Waals surface area contributed by atoms with Crippen LogP contribution in [-0.2, 0) is 17.8 Å². The third-order valence-corrected chi connectivity index (χ3v) is 4.99. The van der Waals surface area contributed by atoms with Gasteiger partial charge in [0.2, 0.25) is 5.91 Å². The van der Waals surface area contributed by atoms with Crippen LogP contribution in [0.2, 0.25) is 0 Å². The van der Waals surface area contributed by atoms with Crippen molar-refractivity contribution >= 4 is 22.4 Å². The van der Waals surface area contributed by atoms with Crippen molar-refractivity contribution in [1.82, 2.24) is 9.88 Å². The minimum atomic E-state index is -0.799. The number of hydrogen-bond acceptors (Lipinski definition) is 4. The molecule has 1 aromatic heterocycles. The van der Waals surface area contributed by atoms with E-state index in [2.05, 4.69) is 15.2 Å². The summed E-state index contributed by atoms with van der Waals surface area (Å²) >= 11 is 1.48. The van der Waals surface area contributed by atoms with Gasteiger partial charge in [0.05, 0.1) is 0 Å². The number of rotatable bonds is 5. The molecule has 7 heteroatoms. The molecular formula is C17H19F2N3OS. The van der Waals surface area contributed by atoms with Crippen LogP contribution in [0.15, 0.2) is 24.4 Å². The number of nitrogens with zero attached hydrogens (tertiary/aromatic N) is 2. The number of likely N-dealkylation sites (tertiary alicyclic amines) is 1. The van der Waals surface area contributed by atoms with Gasteiger partial charge in [-0.2, -0.15) is 0 Å². The standard InChI is InChI=1S/C17H19F2N3OS/c1-11(23)21-17-20-8-14(24-17)10-22-5-4-13(9-22)6-12-2-3-15(18)16(19)7-12/h2-3,7-8,13H,4-6,9-10H2,1H3,(H,20,21,23). The second-order valence-electron chi connectivity index (χ2n) is 6.16. The average molecular weight is 351 g/mol. The lowest BCUT2D eigenvalue weighted by Crippen LogP contribution is -2.20. The summed E-state index contributed by atoms with van der Waals surface area (Å²) in [6.45, 7) is 4.16. The first-order valence-electron chi connectivity index (χ1n) is 7.88. The Hall–Kier alpha value is -1.86. The number of thiazole rings is 1. The Kier molecular flexibility index (Phi) is 5.20. The van der Waals surface area contributed by atoms with Gasteiger partial charge < -0.3 is 5.32 Å². The topological polar surface area (TPSA) is 45.2 Å². The highest BCUT2D eigenvalue weighted by atomic mass is 32.1. The molecule has 1 saturated heterocycles. The van der Waals surface area contributed by atoms with Crippen LogP contribution in [0.5, 0.6) is 0 Å². The van der Waals surface area contributed by atoms with Crippen molar-refractivity contribution < 1.29 is 13.6 Å². The molecule has 0 bridgehead atoms. The van der Waals surface area contributed by atoms with Gasteiger partial charge in [0.1, 0.15) is 0 Å². The highest BCUT2D eigenvalue weighted by Crippen LogP contribution is 2.26. The molecule has 1 unspecified atom stereocenters. The molecule has 128 valence electrons. The van der Waals surface area contributed by atoms with Crippen LogP contribution < -0.4 is 5.32 Å². The van der Waals surface area contributed by atoms with Crippen LogP contribution in [0, 0.1) is 17.6 Å². The number of carbonyl (C=O) groups is 1. The lowest BCUT2D eigenvalue weighted by Gasteiger charge is -2.14. The Morgan fingerprint density at radius 3 is 3.00 bits per heavy atom. The van der Waals surface area contributed by atoms with E-state index in [1.54, 1.807) is 12.3 Å². The molecular weight excluding hydrogens is 332 g/mol. The van der Waals surface area contributed by atoms with E-state index in [1.165, 1.54) is 30.4 Å². The largest absolute Gasteiger partial charge is 0.302 e. The lowest BCUT2D eigenvalue weighted by molar-refractivity contribution is -0.114. The van der Waals surface area contributed by atoms with Crippen LogP contribution in [0.3, 0.4) is 0 Å². The smallest absolute Gasteiger partial charge is 0.223 e. The summed E-state index contributed by atoms with van der Waals surface area (Å²) in [5.41, 5.74) is 0.839. The minimum Gasteiger partial charge on any atom is -0.302 e. The summed E-state index contributed by atoms with van der Waals surface area (Å²) in [5, 5.41) is 3.31. The highest BCUT2D eigenvalue weighted by Gasteiger charge is 2.23. The fraction of sp³-hybridized carbons (Fsp3) is 0.412. The van der Waals surface area contributed by atoms with Crippen molar-refractivity contribution in [2.45, 2.75) is 26.3 Å². The summed E-state index contributed by atoms with van der Waals surface area (Å²) in [6.07, 6.45) is 3.59. The number of nitrogens with one attached hydrogen (secondary N) is 1. The van der Waals surface area contributed by atoms with Crippen molar-refractivity contribution in [1.29, 1.82) is 0 Å². The molecule has 2 heterocycles. The number of anilines is 1. The maximum atomic E-state index is 13.3. The van der Waals surface area contributed by atoms with E-state index < -0.39 is 11.6 Å². The van der Waals surface area contributed by atoms with Gasteiger partial charge in [0.15, 0.2) is 16.8 Å². The van der Waals surface area contributed by atoms with Crippen molar-refractivity contribution in [3.8, 4) is 0 Å². The maximum Gasteiger partial charge on any atom is 0.223 e. The van der Waals surface area contributed by atoms with Crippen molar-refractivity contribution in [3.05, 3.63) is 46.5 Å². The third-order valence-electron chi connectivity index (χ3n) is 4.09. The zero-order valence-corrected chi connectivity index (χ0v) is 14.2. The molecule has 1 aromatic carbocycles. The van der Waals surface area contributed by atoms with Gasteiger partial charge >= 0.3 is 0 Å². The Bertz CT molecular complexity index is 734. The molecule has 0 saturated carbocycles. The second-order valence-corrected chi connectivity index (χ2v) is 7.27. The lowest BCUT2D eigenvalue weighted by atomic mass is 9.98. The number of aromatic nitrogens is 1. The first-order chi connectivity index (χ1) is 11.5. The van der Waals surface area contributed by atoms with Gasteiger partial charge in [0.25, 0.3) is 0 Å². The third kappa shape index (κ3) is 4.36. The quantitative estimate of drug-likeness (QED) is 0.897. The predicted octanol–water partition coefficient (Wildman–Crippen LogP) is 3.44. The molecule has 3 rings (SSSR count). The fourth-order valence-electron chi connectivity index (χ4n) is 3.03. The van der Waals surface area contributed by atoms with E-state index in [9.17, 15) is 13.6 Å². The zero-order valence-electron chi connectivity index (χ0n) is 13.4. The predicted molar refractivity (Wildman–Crippen MR) is 89.9 cm³/mol. The van der Waals surface area contributed by atoms with Crippen LogP contribution in [0.25, 0.3) is 0 Å². The van der Waals surface area contributed by atoms with Crippen LogP contribution in [0.4, 0.5) is 13.9 Å². The second kappa shape index (κ2) is 7.36. The van der Waals surface area contributed by atoms with Gasteiger partial charge in [-0.15, -0.1) is 11.3 Å². The minimum absolute atomic E-state index is 0.122. The first-order valence-corrected chi connectivity index (χ1v) is 8.70. The first kappa shape index (κ1) is 17.0. The van der Waals surface area contributed by atoms with Crippen molar-refractivity contribution in [2.24, 2.45) is 5.92 Å². The molecule has 1 aliphatic heterocycles. The molecule has 0 aliphatic carbocycles. The summed E-state index contributed by atoms with van der Waals surface area (Å²) in [5.74, 6) is -1.26. The Balaban J connectivity index is 1.52. The summed E-state index contributed by atoms with van der Waals surface area (Å²) < 4.78 is 26.3. The van der Waals surface area contributed by atoms with E-state index in [-0.39, 0.29) is 5.91 Å².